The number of anilines is 1. The van der Waals surface area contributed by atoms with E-state index in [-0.39, 0.29) is 5.91 Å². The maximum Gasteiger partial charge on any atom is 0.270 e. The number of hydrogen-bond acceptors (Lipinski definition) is 4. The predicted molar refractivity (Wildman–Crippen MR) is 108 cm³/mol. The van der Waals surface area contributed by atoms with Crippen LogP contribution in [-0.2, 0) is 6.54 Å². The monoisotopic (exact) mass is 383 g/mol. The van der Waals surface area contributed by atoms with E-state index >= 15 is 0 Å². The Morgan fingerprint density at radius 2 is 1.85 bits per heavy atom. The molecule has 3 aromatic rings. The summed E-state index contributed by atoms with van der Waals surface area (Å²) in [5, 5.41) is 1.73. The fourth-order valence-electron chi connectivity index (χ4n) is 3.81. The Morgan fingerprint density at radius 1 is 1.15 bits per heavy atom. The zero-order valence-corrected chi connectivity index (χ0v) is 16.3. The zero-order chi connectivity index (χ0) is 19.0. The van der Waals surface area contributed by atoms with Crippen LogP contribution in [0.3, 0.4) is 0 Å². The molecule has 0 radical (unpaired) electrons. The van der Waals surface area contributed by atoms with Gasteiger partial charge in [0, 0.05) is 61.0 Å². The van der Waals surface area contributed by atoms with E-state index in [2.05, 4.69) is 26.4 Å². The molecule has 2 aromatic heterocycles. The number of aryl methyl sites for hydroxylation is 2. The average Bonchev–Trinajstić information content (AvgIpc) is 2.99. The number of carbonyl (C=O) groups is 1. The lowest BCUT2D eigenvalue weighted by molar-refractivity contribution is 0.0735. The van der Waals surface area contributed by atoms with Gasteiger partial charge in [0.2, 0.25) is 5.95 Å². The lowest BCUT2D eigenvalue weighted by atomic mass is 10.1. The highest BCUT2D eigenvalue weighted by molar-refractivity contribution is 6.31. The smallest absolute Gasteiger partial charge is 0.270 e. The molecule has 0 atom stereocenters. The van der Waals surface area contributed by atoms with E-state index in [1.54, 1.807) is 12.4 Å². The number of nitrogens with zero attached hydrogens (tertiary/aromatic N) is 5. The Bertz CT molecular complexity index is 977. The molecule has 0 unspecified atom stereocenters. The summed E-state index contributed by atoms with van der Waals surface area (Å²) in [6.45, 7) is 7.58. The maximum absolute atomic E-state index is 13.3. The number of halogens is 1. The second-order valence-electron chi connectivity index (χ2n) is 6.71. The standard InChI is InChI=1S/C20H22ClN5O/c1-3-26-17-6-5-15(21)13-16(17)14(2)18(26)19(27)24-9-11-25(12-10-24)20-22-7-4-8-23-20/h4-8,13H,3,9-12H2,1-2H3. The van der Waals surface area contributed by atoms with E-state index in [0.717, 1.165) is 47.7 Å². The Kier molecular flexibility index (Phi) is 4.74. The van der Waals surface area contributed by atoms with Crippen LogP contribution in [0.1, 0.15) is 23.0 Å². The van der Waals surface area contributed by atoms with Crippen molar-refractivity contribution in [3.8, 4) is 0 Å². The van der Waals surface area contributed by atoms with Gasteiger partial charge in [0.1, 0.15) is 5.69 Å². The van der Waals surface area contributed by atoms with E-state index in [4.69, 9.17) is 11.6 Å². The number of amides is 1. The molecule has 4 rings (SSSR count). The van der Waals surface area contributed by atoms with Crippen LogP contribution in [0.15, 0.2) is 36.7 Å². The van der Waals surface area contributed by atoms with E-state index in [1.165, 1.54) is 0 Å². The van der Waals surface area contributed by atoms with Crippen molar-refractivity contribution in [3.05, 3.63) is 52.9 Å². The number of piperazine rings is 1. The first kappa shape index (κ1) is 17.8. The van der Waals surface area contributed by atoms with Gasteiger partial charge in [0.25, 0.3) is 5.91 Å². The molecule has 140 valence electrons. The van der Waals surface area contributed by atoms with Crippen LogP contribution in [-0.4, -0.2) is 51.5 Å². The van der Waals surface area contributed by atoms with Crippen LogP contribution in [0.25, 0.3) is 10.9 Å². The minimum absolute atomic E-state index is 0.0790. The molecule has 1 aliphatic heterocycles. The molecule has 1 saturated heterocycles. The highest BCUT2D eigenvalue weighted by atomic mass is 35.5. The van der Waals surface area contributed by atoms with E-state index in [9.17, 15) is 4.79 Å². The molecule has 1 fully saturated rings. The van der Waals surface area contributed by atoms with E-state index in [0.29, 0.717) is 18.1 Å². The molecule has 1 aromatic carbocycles. The molecule has 0 aliphatic carbocycles. The minimum Gasteiger partial charge on any atom is -0.337 e. The molecule has 0 N–H and O–H groups in total. The summed E-state index contributed by atoms with van der Waals surface area (Å²) in [6.07, 6.45) is 3.49. The van der Waals surface area contributed by atoms with Crippen LogP contribution < -0.4 is 4.90 Å². The number of hydrogen-bond donors (Lipinski definition) is 0. The van der Waals surface area contributed by atoms with Crippen molar-refractivity contribution in [2.75, 3.05) is 31.1 Å². The average molecular weight is 384 g/mol. The Morgan fingerprint density at radius 3 is 2.52 bits per heavy atom. The highest BCUT2D eigenvalue weighted by Crippen LogP contribution is 2.29. The largest absolute Gasteiger partial charge is 0.337 e. The van der Waals surface area contributed by atoms with Crippen molar-refractivity contribution in [2.24, 2.45) is 0 Å². The van der Waals surface area contributed by atoms with Gasteiger partial charge in [0.05, 0.1) is 0 Å². The van der Waals surface area contributed by atoms with Crippen LogP contribution in [0.4, 0.5) is 5.95 Å². The topological polar surface area (TPSA) is 54.3 Å². The van der Waals surface area contributed by atoms with Crippen LogP contribution >= 0.6 is 11.6 Å². The fourth-order valence-corrected chi connectivity index (χ4v) is 3.98. The first-order valence-electron chi connectivity index (χ1n) is 9.19. The van der Waals surface area contributed by atoms with Crippen molar-refractivity contribution in [3.63, 3.8) is 0 Å². The fraction of sp³-hybridized carbons (Fsp3) is 0.350. The van der Waals surface area contributed by atoms with Gasteiger partial charge in [-0.3, -0.25) is 4.79 Å². The second-order valence-corrected chi connectivity index (χ2v) is 7.14. The highest BCUT2D eigenvalue weighted by Gasteiger charge is 2.27. The van der Waals surface area contributed by atoms with Crippen molar-refractivity contribution < 1.29 is 4.79 Å². The minimum atomic E-state index is 0.0790. The molecule has 6 nitrogen and oxygen atoms in total. The first-order valence-corrected chi connectivity index (χ1v) is 9.57. The van der Waals surface area contributed by atoms with Gasteiger partial charge in [0.15, 0.2) is 0 Å². The summed E-state index contributed by atoms with van der Waals surface area (Å²) in [7, 11) is 0. The number of benzene rings is 1. The lowest BCUT2D eigenvalue weighted by Gasteiger charge is -2.35. The Labute approximate surface area is 163 Å². The van der Waals surface area contributed by atoms with Gasteiger partial charge in [-0.1, -0.05) is 11.6 Å². The molecule has 7 heteroatoms. The van der Waals surface area contributed by atoms with Gasteiger partial charge in [-0.25, -0.2) is 9.97 Å². The summed E-state index contributed by atoms with van der Waals surface area (Å²) in [5.74, 6) is 0.799. The molecule has 1 amide bonds. The number of rotatable bonds is 3. The molecule has 0 saturated carbocycles. The lowest BCUT2D eigenvalue weighted by Crippen LogP contribution is -2.49. The Balaban J connectivity index is 1.60. The predicted octanol–water partition coefficient (Wildman–Crippen LogP) is 3.38. The molecular formula is C20H22ClN5O. The zero-order valence-electron chi connectivity index (χ0n) is 15.5. The number of aromatic nitrogens is 3. The number of fused-ring (bicyclic) bond motifs is 1. The van der Waals surface area contributed by atoms with Gasteiger partial charge in [-0.2, -0.15) is 0 Å². The van der Waals surface area contributed by atoms with Crippen LogP contribution in [0.5, 0.6) is 0 Å². The number of carbonyl (C=O) groups excluding carboxylic acids is 1. The normalized spacial score (nSPS) is 14.8. The molecule has 0 spiro atoms. The summed E-state index contributed by atoms with van der Waals surface area (Å²) in [6, 6.07) is 7.62. The quantitative estimate of drug-likeness (QED) is 0.695. The van der Waals surface area contributed by atoms with Crippen molar-refractivity contribution >= 4 is 34.4 Å². The van der Waals surface area contributed by atoms with Gasteiger partial charge in [-0.05, 0) is 43.7 Å². The van der Waals surface area contributed by atoms with Gasteiger partial charge < -0.3 is 14.4 Å². The van der Waals surface area contributed by atoms with Gasteiger partial charge in [-0.15, -0.1) is 0 Å². The SMILES string of the molecule is CCn1c(C(=O)N2CCN(c3ncccn3)CC2)c(C)c2cc(Cl)ccc21. The molecule has 0 bridgehead atoms. The molecular weight excluding hydrogens is 362 g/mol. The van der Waals surface area contributed by atoms with E-state index < -0.39 is 0 Å². The molecule has 3 heterocycles. The van der Waals surface area contributed by atoms with Gasteiger partial charge >= 0.3 is 0 Å². The second kappa shape index (κ2) is 7.19. The third kappa shape index (κ3) is 3.14. The van der Waals surface area contributed by atoms with Crippen LogP contribution in [0, 0.1) is 6.92 Å². The van der Waals surface area contributed by atoms with Crippen LogP contribution in [0.2, 0.25) is 5.02 Å². The summed E-state index contributed by atoms with van der Waals surface area (Å²) in [5.41, 5.74) is 2.81. The van der Waals surface area contributed by atoms with Crippen molar-refractivity contribution in [2.45, 2.75) is 20.4 Å². The van der Waals surface area contributed by atoms with Crippen molar-refractivity contribution in [1.29, 1.82) is 0 Å². The Hall–Kier alpha value is -2.60. The summed E-state index contributed by atoms with van der Waals surface area (Å²) in [4.78, 5) is 26.0. The summed E-state index contributed by atoms with van der Waals surface area (Å²) < 4.78 is 2.09. The molecule has 27 heavy (non-hydrogen) atoms. The first-order chi connectivity index (χ1) is 13.1. The van der Waals surface area contributed by atoms with Crippen molar-refractivity contribution in [1.82, 2.24) is 19.4 Å². The third-order valence-corrected chi connectivity index (χ3v) is 5.43. The molecule has 1 aliphatic rings. The van der Waals surface area contributed by atoms with E-state index in [1.807, 2.05) is 36.1 Å². The third-order valence-electron chi connectivity index (χ3n) is 5.20. The summed E-state index contributed by atoms with van der Waals surface area (Å²) >= 11 is 6.18. The maximum atomic E-state index is 13.3.